The molecule has 1 heterocycles. The van der Waals surface area contributed by atoms with Gasteiger partial charge in [-0.2, -0.15) is 0 Å². The quantitative estimate of drug-likeness (QED) is 0.638. The van der Waals surface area contributed by atoms with Gasteiger partial charge in [0.15, 0.2) is 0 Å². The standard InChI is InChI=1S/C13H17FN4/c1-9-7-10(14)3-4-11(9)12(17-15)8-13-16-5-6-18(13)2/h3-7,12,17H,8,15H2,1-2H3. The van der Waals surface area contributed by atoms with Crippen molar-refractivity contribution in [3.05, 3.63) is 53.4 Å². The molecule has 0 aliphatic carbocycles. The molecule has 0 bridgehead atoms. The molecule has 0 saturated carbocycles. The molecule has 0 aliphatic rings. The summed E-state index contributed by atoms with van der Waals surface area (Å²) in [4.78, 5) is 4.27. The molecule has 0 amide bonds. The van der Waals surface area contributed by atoms with Gasteiger partial charge in [-0.15, -0.1) is 0 Å². The summed E-state index contributed by atoms with van der Waals surface area (Å²) in [6, 6.07) is 4.65. The van der Waals surface area contributed by atoms with Crippen LogP contribution in [-0.2, 0) is 13.5 Å². The largest absolute Gasteiger partial charge is 0.338 e. The van der Waals surface area contributed by atoms with Crippen molar-refractivity contribution in [2.45, 2.75) is 19.4 Å². The van der Waals surface area contributed by atoms with Crippen molar-refractivity contribution >= 4 is 0 Å². The molecule has 0 fully saturated rings. The molecule has 3 N–H and O–H groups in total. The monoisotopic (exact) mass is 248 g/mol. The molecule has 2 rings (SSSR count). The van der Waals surface area contributed by atoms with Crippen LogP contribution in [-0.4, -0.2) is 9.55 Å². The van der Waals surface area contributed by atoms with Gasteiger partial charge in [-0.1, -0.05) is 6.07 Å². The fourth-order valence-corrected chi connectivity index (χ4v) is 2.06. The minimum atomic E-state index is -0.232. The van der Waals surface area contributed by atoms with E-state index in [0.29, 0.717) is 6.42 Å². The minimum absolute atomic E-state index is 0.0771. The van der Waals surface area contributed by atoms with Crippen molar-refractivity contribution in [3.8, 4) is 0 Å². The number of aromatic nitrogens is 2. The Morgan fingerprint density at radius 2 is 2.28 bits per heavy atom. The lowest BCUT2D eigenvalue weighted by Crippen LogP contribution is -2.30. The number of hydrazine groups is 1. The summed E-state index contributed by atoms with van der Waals surface area (Å²) in [5.74, 6) is 6.30. The van der Waals surface area contributed by atoms with Crippen LogP contribution in [0.3, 0.4) is 0 Å². The van der Waals surface area contributed by atoms with Gasteiger partial charge in [0.25, 0.3) is 0 Å². The first-order chi connectivity index (χ1) is 8.61. The van der Waals surface area contributed by atoms with Gasteiger partial charge in [-0.25, -0.2) is 9.37 Å². The summed E-state index contributed by atoms with van der Waals surface area (Å²) in [6.45, 7) is 1.88. The molecular weight excluding hydrogens is 231 g/mol. The number of nitrogens with one attached hydrogen (secondary N) is 1. The molecule has 0 radical (unpaired) electrons. The Bertz CT molecular complexity index is 536. The molecule has 1 aromatic carbocycles. The van der Waals surface area contributed by atoms with E-state index in [2.05, 4.69) is 10.4 Å². The molecule has 1 atom stereocenters. The Kier molecular flexibility index (Phi) is 3.74. The fraction of sp³-hybridized carbons (Fsp3) is 0.308. The molecule has 18 heavy (non-hydrogen) atoms. The predicted octanol–water partition coefficient (Wildman–Crippen LogP) is 1.61. The number of hydrogen-bond acceptors (Lipinski definition) is 3. The van der Waals surface area contributed by atoms with Crippen molar-refractivity contribution < 1.29 is 4.39 Å². The highest BCUT2D eigenvalue weighted by Gasteiger charge is 2.15. The van der Waals surface area contributed by atoms with Gasteiger partial charge >= 0.3 is 0 Å². The number of aryl methyl sites for hydroxylation is 2. The van der Waals surface area contributed by atoms with Gasteiger partial charge in [0.2, 0.25) is 0 Å². The van der Waals surface area contributed by atoms with Crippen molar-refractivity contribution in [3.63, 3.8) is 0 Å². The zero-order valence-corrected chi connectivity index (χ0v) is 10.5. The average Bonchev–Trinajstić information content (AvgIpc) is 2.73. The van der Waals surface area contributed by atoms with Crippen LogP contribution >= 0.6 is 0 Å². The smallest absolute Gasteiger partial charge is 0.123 e. The lowest BCUT2D eigenvalue weighted by atomic mass is 9.99. The van der Waals surface area contributed by atoms with E-state index < -0.39 is 0 Å². The topological polar surface area (TPSA) is 55.9 Å². The highest BCUT2D eigenvalue weighted by molar-refractivity contribution is 5.30. The first-order valence-electron chi connectivity index (χ1n) is 5.80. The van der Waals surface area contributed by atoms with Crippen LogP contribution in [0.5, 0.6) is 0 Å². The Hall–Kier alpha value is -1.72. The van der Waals surface area contributed by atoms with Gasteiger partial charge in [-0.05, 0) is 30.2 Å². The molecule has 0 spiro atoms. The van der Waals surface area contributed by atoms with Crippen LogP contribution in [0.25, 0.3) is 0 Å². The SMILES string of the molecule is Cc1cc(F)ccc1C(Cc1nccn1C)NN. The summed E-state index contributed by atoms with van der Waals surface area (Å²) < 4.78 is 15.0. The Morgan fingerprint density at radius 3 is 2.83 bits per heavy atom. The highest BCUT2D eigenvalue weighted by atomic mass is 19.1. The third-order valence-corrected chi connectivity index (χ3v) is 3.12. The van der Waals surface area contributed by atoms with E-state index in [4.69, 9.17) is 5.84 Å². The Balaban J connectivity index is 2.26. The molecular formula is C13H17FN4. The summed E-state index contributed by atoms with van der Waals surface area (Å²) in [6.07, 6.45) is 4.30. The third-order valence-electron chi connectivity index (χ3n) is 3.12. The van der Waals surface area contributed by atoms with Crippen molar-refractivity contribution in [2.24, 2.45) is 12.9 Å². The maximum Gasteiger partial charge on any atom is 0.123 e. The zero-order valence-electron chi connectivity index (χ0n) is 10.5. The molecule has 0 aliphatic heterocycles. The van der Waals surface area contributed by atoms with E-state index in [1.807, 2.05) is 24.7 Å². The van der Waals surface area contributed by atoms with Gasteiger partial charge in [0.05, 0.1) is 6.04 Å². The number of nitrogens with zero attached hydrogens (tertiary/aromatic N) is 2. The van der Waals surface area contributed by atoms with Crippen LogP contribution in [0.15, 0.2) is 30.6 Å². The molecule has 96 valence electrons. The van der Waals surface area contributed by atoms with E-state index >= 15 is 0 Å². The second-order valence-corrected chi connectivity index (χ2v) is 4.38. The van der Waals surface area contributed by atoms with Crippen molar-refractivity contribution in [1.29, 1.82) is 0 Å². The predicted molar refractivity (Wildman–Crippen MR) is 68.1 cm³/mol. The number of halogens is 1. The van der Waals surface area contributed by atoms with Crippen LogP contribution in [0, 0.1) is 12.7 Å². The maximum absolute atomic E-state index is 13.1. The normalized spacial score (nSPS) is 12.7. The van der Waals surface area contributed by atoms with E-state index in [1.165, 1.54) is 12.1 Å². The number of imidazole rings is 1. The van der Waals surface area contributed by atoms with Crippen LogP contribution in [0.1, 0.15) is 23.0 Å². The Labute approximate surface area is 106 Å². The second kappa shape index (κ2) is 5.29. The van der Waals surface area contributed by atoms with E-state index in [1.54, 1.807) is 12.3 Å². The molecule has 0 saturated heterocycles. The lowest BCUT2D eigenvalue weighted by Gasteiger charge is -2.18. The molecule has 4 nitrogen and oxygen atoms in total. The van der Waals surface area contributed by atoms with Crippen LogP contribution in [0.4, 0.5) is 4.39 Å². The summed E-state index contributed by atoms with van der Waals surface area (Å²) in [5.41, 5.74) is 4.64. The van der Waals surface area contributed by atoms with Gasteiger partial charge in [-0.3, -0.25) is 11.3 Å². The summed E-state index contributed by atoms with van der Waals surface area (Å²) in [7, 11) is 1.94. The molecule has 1 aromatic heterocycles. The van der Waals surface area contributed by atoms with Gasteiger partial charge in [0.1, 0.15) is 11.6 Å². The summed E-state index contributed by atoms with van der Waals surface area (Å²) >= 11 is 0. The molecule has 1 unspecified atom stereocenters. The van der Waals surface area contributed by atoms with Crippen LogP contribution in [0.2, 0.25) is 0 Å². The first-order valence-corrected chi connectivity index (χ1v) is 5.80. The average molecular weight is 248 g/mol. The number of nitrogens with two attached hydrogens (primary N) is 1. The number of hydrogen-bond donors (Lipinski definition) is 2. The summed E-state index contributed by atoms with van der Waals surface area (Å²) in [5, 5.41) is 0. The van der Waals surface area contributed by atoms with E-state index in [-0.39, 0.29) is 11.9 Å². The minimum Gasteiger partial charge on any atom is -0.338 e. The van der Waals surface area contributed by atoms with Gasteiger partial charge in [0, 0.05) is 25.9 Å². The lowest BCUT2D eigenvalue weighted by molar-refractivity contribution is 0.526. The third kappa shape index (κ3) is 2.57. The van der Waals surface area contributed by atoms with E-state index in [0.717, 1.165) is 17.0 Å². The second-order valence-electron chi connectivity index (χ2n) is 4.38. The van der Waals surface area contributed by atoms with Crippen molar-refractivity contribution in [1.82, 2.24) is 15.0 Å². The Morgan fingerprint density at radius 1 is 1.50 bits per heavy atom. The first kappa shape index (κ1) is 12.7. The molecule has 5 heteroatoms. The number of rotatable bonds is 4. The van der Waals surface area contributed by atoms with Crippen molar-refractivity contribution in [2.75, 3.05) is 0 Å². The maximum atomic E-state index is 13.1. The number of benzene rings is 1. The molecule has 2 aromatic rings. The van der Waals surface area contributed by atoms with Gasteiger partial charge < -0.3 is 4.57 Å². The van der Waals surface area contributed by atoms with E-state index in [9.17, 15) is 4.39 Å². The zero-order chi connectivity index (χ0) is 13.1. The van der Waals surface area contributed by atoms with Crippen LogP contribution < -0.4 is 11.3 Å². The fourth-order valence-electron chi connectivity index (χ4n) is 2.06. The highest BCUT2D eigenvalue weighted by Crippen LogP contribution is 2.21.